The zero-order chi connectivity index (χ0) is 18.0. The maximum atomic E-state index is 12.7. The molecule has 1 aliphatic heterocycles. The Kier molecular flexibility index (Phi) is 5.42. The number of carbonyl (C=O) groups excluding carboxylic acids is 1. The molecule has 2 aromatic heterocycles. The molecule has 136 valence electrons. The van der Waals surface area contributed by atoms with Crippen LogP contribution in [-0.2, 0) is 20.0 Å². The van der Waals surface area contributed by atoms with Crippen molar-refractivity contribution in [2.24, 2.45) is 7.05 Å². The van der Waals surface area contributed by atoms with Gasteiger partial charge in [0.1, 0.15) is 5.82 Å². The number of rotatable bonds is 5. The van der Waals surface area contributed by atoms with Gasteiger partial charge in [-0.25, -0.2) is 9.48 Å². The highest BCUT2D eigenvalue weighted by Gasteiger charge is 2.28. The first-order valence-electron chi connectivity index (χ1n) is 9.05. The molecular formula is C18H26N4O2S. The quantitative estimate of drug-likeness (QED) is 0.821. The van der Waals surface area contributed by atoms with E-state index in [1.807, 2.05) is 23.3 Å². The summed E-state index contributed by atoms with van der Waals surface area (Å²) in [5.74, 6) is 1.24. The molecule has 25 heavy (non-hydrogen) atoms. The van der Waals surface area contributed by atoms with E-state index in [1.54, 1.807) is 23.0 Å². The predicted octanol–water partition coefficient (Wildman–Crippen LogP) is 2.64. The van der Waals surface area contributed by atoms with Crippen LogP contribution in [0.5, 0.6) is 0 Å². The van der Waals surface area contributed by atoms with Gasteiger partial charge >= 0.3 is 5.69 Å². The van der Waals surface area contributed by atoms with Gasteiger partial charge in [-0.05, 0) is 32.3 Å². The van der Waals surface area contributed by atoms with Gasteiger partial charge in [0.05, 0.1) is 5.56 Å². The average molecular weight is 362 g/mol. The fraction of sp³-hybridized carbons (Fsp3) is 0.611. The van der Waals surface area contributed by atoms with E-state index in [2.05, 4.69) is 12.0 Å². The van der Waals surface area contributed by atoms with Crippen LogP contribution in [-0.4, -0.2) is 38.2 Å². The summed E-state index contributed by atoms with van der Waals surface area (Å²) in [6.45, 7) is 6.19. The van der Waals surface area contributed by atoms with Crippen molar-refractivity contribution in [3.05, 3.63) is 38.2 Å². The predicted molar refractivity (Wildman–Crippen MR) is 99.3 cm³/mol. The van der Waals surface area contributed by atoms with Crippen LogP contribution in [0.3, 0.4) is 0 Å². The van der Waals surface area contributed by atoms with E-state index in [9.17, 15) is 9.59 Å². The van der Waals surface area contributed by atoms with Gasteiger partial charge in [-0.15, -0.1) is 11.3 Å². The van der Waals surface area contributed by atoms with Crippen molar-refractivity contribution in [1.82, 2.24) is 19.2 Å². The lowest BCUT2D eigenvalue weighted by Gasteiger charge is -2.31. The lowest BCUT2D eigenvalue weighted by atomic mass is 9.95. The monoisotopic (exact) mass is 362 g/mol. The Balaban J connectivity index is 1.66. The number of carbonyl (C=O) groups is 1. The van der Waals surface area contributed by atoms with E-state index in [0.717, 1.165) is 50.2 Å². The highest BCUT2D eigenvalue weighted by atomic mass is 32.1. The molecule has 1 amide bonds. The molecule has 0 unspecified atom stereocenters. The molecule has 6 nitrogen and oxygen atoms in total. The second-order valence-electron chi connectivity index (χ2n) is 6.63. The summed E-state index contributed by atoms with van der Waals surface area (Å²) in [4.78, 5) is 28.0. The molecule has 1 saturated heterocycles. The van der Waals surface area contributed by atoms with Gasteiger partial charge in [0.15, 0.2) is 0 Å². The number of hydrogen-bond acceptors (Lipinski definition) is 4. The highest BCUT2D eigenvalue weighted by molar-refractivity contribution is 7.10. The van der Waals surface area contributed by atoms with Gasteiger partial charge in [0.25, 0.3) is 5.91 Å². The summed E-state index contributed by atoms with van der Waals surface area (Å²) in [5.41, 5.74) is 0.757. The molecule has 1 aliphatic rings. The normalized spacial score (nSPS) is 15.7. The molecule has 2 aromatic rings. The number of aromatic nitrogens is 3. The van der Waals surface area contributed by atoms with E-state index < -0.39 is 0 Å². The molecule has 7 heteroatoms. The van der Waals surface area contributed by atoms with Crippen molar-refractivity contribution in [2.75, 3.05) is 13.1 Å². The maximum absolute atomic E-state index is 12.7. The molecule has 0 spiro atoms. The molecule has 0 N–H and O–H groups in total. The standard InChI is InChI=1S/C18H26N4O2S/c1-4-6-15-11-14(12-25-15)17(23)21-9-7-13(8-10-21)16-19-20(3)18(24)22(16)5-2/h11-13H,4-10H2,1-3H3. The van der Waals surface area contributed by atoms with Crippen molar-refractivity contribution in [2.45, 2.75) is 52.0 Å². The first kappa shape index (κ1) is 17.9. The Morgan fingerprint density at radius 2 is 2.04 bits per heavy atom. The van der Waals surface area contributed by atoms with Gasteiger partial charge in [-0.3, -0.25) is 9.36 Å². The summed E-state index contributed by atoms with van der Waals surface area (Å²) >= 11 is 1.67. The third-order valence-corrected chi connectivity index (χ3v) is 5.89. The fourth-order valence-electron chi connectivity index (χ4n) is 3.52. The summed E-state index contributed by atoms with van der Waals surface area (Å²) in [5, 5.41) is 6.40. The Morgan fingerprint density at radius 3 is 2.68 bits per heavy atom. The maximum Gasteiger partial charge on any atom is 0.345 e. The van der Waals surface area contributed by atoms with E-state index >= 15 is 0 Å². The lowest BCUT2D eigenvalue weighted by Crippen LogP contribution is -2.38. The molecule has 0 saturated carbocycles. The number of likely N-dealkylation sites (tertiary alicyclic amines) is 1. The minimum atomic E-state index is -0.0577. The summed E-state index contributed by atoms with van der Waals surface area (Å²) in [6.07, 6.45) is 3.85. The van der Waals surface area contributed by atoms with Crippen LogP contribution in [0.15, 0.2) is 16.2 Å². The van der Waals surface area contributed by atoms with Crippen LogP contribution < -0.4 is 5.69 Å². The minimum Gasteiger partial charge on any atom is -0.339 e. The Labute approximate surface area is 152 Å². The number of thiophene rings is 1. The average Bonchev–Trinajstić information content (AvgIpc) is 3.20. The van der Waals surface area contributed by atoms with E-state index in [1.165, 1.54) is 9.56 Å². The number of hydrogen-bond donors (Lipinski definition) is 0. The van der Waals surface area contributed by atoms with Gasteiger partial charge in [-0.1, -0.05) is 13.3 Å². The first-order chi connectivity index (χ1) is 12.0. The minimum absolute atomic E-state index is 0.0577. The summed E-state index contributed by atoms with van der Waals surface area (Å²) in [7, 11) is 1.70. The number of aryl methyl sites for hydroxylation is 2. The van der Waals surface area contributed by atoms with Gasteiger partial charge in [0, 0.05) is 42.9 Å². The largest absolute Gasteiger partial charge is 0.345 e. The lowest BCUT2D eigenvalue weighted by molar-refractivity contribution is 0.0710. The number of amides is 1. The molecule has 3 rings (SSSR count). The number of piperidine rings is 1. The van der Waals surface area contributed by atoms with Gasteiger partial charge < -0.3 is 4.90 Å². The second-order valence-corrected chi connectivity index (χ2v) is 7.62. The van der Waals surface area contributed by atoms with Crippen LogP contribution in [0.1, 0.15) is 60.1 Å². The van der Waals surface area contributed by atoms with Crippen LogP contribution in [0.2, 0.25) is 0 Å². The smallest absolute Gasteiger partial charge is 0.339 e. The van der Waals surface area contributed by atoms with Crippen LogP contribution in [0.25, 0.3) is 0 Å². The molecule has 1 fully saturated rings. The first-order valence-corrected chi connectivity index (χ1v) is 9.93. The Hall–Kier alpha value is -1.89. The van der Waals surface area contributed by atoms with Crippen LogP contribution >= 0.6 is 11.3 Å². The molecule has 0 aromatic carbocycles. The topological polar surface area (TPSA) is 60.1 Å². The van der Waals surface area contributed by atoms with Crippen molar-refractivity contribution in [3.63, 3.8) is 0 Å². The molecule has 0 aliphatic carbocycles. The van der Waals surface area contributed by atoms with E-state index in [4.69, 9.17) is 0 Å². The van der Waals surface area contributed by atoms with Crippen LogP contribution in [0, 0.1) is 0 Å². The zero-order valence-electron chi connectivity index (χ0n) is 15.2. The van der Waals surface area contributed by atoms with Crippen molar-refractivity contribution >= 4 is 17.2 Å². The van der Waals surface area contributed by atoms with Gasteiger partial charge in [0.2, 0.25) is 0 Å². The Morgan fingerprint density at radius 1 is 1.32 bits per heavy atom. The van der Waals surface area contributed by atoms with Crippen molar-refractivity contribution in [1.29, 1.82) is 0 Å². The Bertz CT molecular complexity index is 796. The highest BCUT2D eigenvalue weighted by Crippen LogP contribution is 2.27. The van der Waals surface area contributed by atoms with Crippen LogP contribution in [0.4, 0.5) is 0 Å². The van der Waals surface area contributed by atoms with Crippen molar-refractivity contribution < 1.29 is 4.79 Å². The third kappa shape index (κ3) is 3.56. The van der Waals surface area contributed by atoms with E-state index in [-0.39, 0.29) is 17.5 Å². The van der Waals surface area contributed by atoms with Gasteiger partial charge in [-0.2, -0.15) is 5.10 Å². The van der Waals surface area contributed by atoms with E-state index in [0.29, 0.717) is 6.54 Å². The molecule has 0 bridgehead atoms. The molecule has 0 atom stereocenters. The molecule has 0 radical (unpaired) electrons. The number of nitrogens with zero attached hydrogens (tertiary/aromatic N) is 4. The second kappa shape index (κ2) is 7.56. The van der Waals surface area contributed by atoms with Crippen molar-refractivity contribution in [3.8, 4) is 0 Å². The molecular weight excluding hydrogens is 336 g/mol. The fourth-order valence-corrected chi connectivity index (χ4v) is 4.48. The third-order valence-electron chi connectivity index (χ3n) is 4.90. The zero-order valence-corrected chi connectivity index (χ0v) is 16.0. The summed E-state index contributed by atoms with van der Waals surface area (Å²) < 4.78 is 3.16. The summed E-state index contributed by atoms with van der Waals surface area (Å²) in [6, 6.07) is 2.04. The SMILES string of the molecule is CCCc1cc(C(=O)N2CCC(c3nn(C)c(=O)n3CC)CC2)cs1. The molecule has 3 heterocycles.